The van der Waals surface area contributed by atoms with E-state index in [1.807, 2.05) is 19.1 Å². The van der Waals surface area contributed by atoms with Crippen molar-refractivity contribution in [3.05, 3.63) is 33.3 Å². The van der Waals surface area contributed by atoms with E-state index in [-0.39, 0.29) is 0 Å². The summed E-state index contributed by atoms with van der Waals surface area (Å²) in [5, 5.41) is 0. The second-order valence-corrected chi connectivity index (χ2v) is 4.35. The molecule has 0 saturated carbocycles. The summed E-state index contributed by atoms with van der Waals surface area (Å²) in [6.45, 7) is 2.01. The Morgan fingerprint density at radius 3 is 2.77 bits per heavy atom. The van der Waals surface area contributed by atoms with Crippen molar-refractivity contribution >= 4 is 21.7 Å². The predicted octanol–water partition coefficient (Wildman–Crippen LogP) is 3.28. The number of fused-ring (bicyclic) bond motifs is 1. The van der Waals surface area contributed by atoms with Crippen LogP contribution in [0.15, 0.2) is 16.6 Å². The Morgan fingerprint density at radius 1 is 1.31 bits per heavy atom. The third kappa shape index (κ3) is 1.44. The Balaban J connectivity index is 2.67. The van der Waals surface area contributed by atoms with Gasteiger partial charge in [-0.1, -0.05) is 22.0 Å². The summed E-state index contributed by atoms with van der Waals surface area (Å²) in [7, 11) is 0. The Kier molecular flexibility index (Phi) is 2.24. The van der Waals surface area contributed by atoms with E-state index in [4.69, 9.17) is 0 Å². The molecule has 68 valence electrons. The van der Waals surface area contributed by atoms with Crippen LogP contribution in [0.25, 0.3) is 0 Å². The lowest BCUT2D eigenvalue weighted by Gasteiger charge is -2.18. The topological polar surface area (TPSA) is 17.1 Å². The number of hydrogen-bond acceptors (Lipinski definition) is 1. The summed E-state index contributed by atoms with van der Waals surface area (Å²) in [4.78, 5) is 11.6. The molecule has 2 heteroatoms. The third-order valence-corrected chi connectivity index (χ3v) is 3.32. The minimum absolute atomic E-state index is 0.306. The summed E-state index contributed by atoms with van der Waals surface area (Å²) in [5.41, 5.74) is 3.28. The quantitative estimate of drug-likeness (QED) is 0.679. The molecule has 1 nitrogen and oxygen atoms in total. The van der Waals surface area contributed by atoms with E-state index in [2.05, 4.69) is 15.9 Å². The van der Waals surface area contributed by atoms with E-state index in [1.54, 1.807) is 0 Å². The van der Waals surface area contributed by atoms with Gasteiger partial charge in [0.05, 0.1) is 0 Å². The minimum Gasteiger partial charge on any atom is -0.294 e. The van der Waals surface area contributed by atoms with Gasteiger partial charge in [0.15, 0.2) is 5.78 Å². The van der Waals surface area contributed by atoms with Gasteiger partial charge >= 0.3 is 0 Å². The first kappa shape index (κ1) is 8.95. The van der Waals surface area contributed by atoms with Crippen LogP contribution >= 0.6 is 15.9 Å². The highest BCUT2D eigenvalue weighted by Gasteiger charge is 2.20. The maximum Gasteiger partial charge on any atom is 0.163 e. The molecule has 0 saturated heterocycles. The summed E-state index contributed by atoms with van der Waals surface area (Å²) in [5.74, 6) is 0.306. The van der Waals surface area contributed by atoms with Crippen LogP contribution in [0.5, 0.6) is 0 Å². The van der Waals surface area contributed by atoms with E-state index < -0.39 is 0 Å². The molecule has 0 aliphatic heterocycles. The molecule has 1 aliphatic rings. The van der Waals surface area contributed by atoms with Gasteiger partial charge in [-0.2, -0.15) is 0 Å². The monoisotopic (exact) mass is 238 g/mol. The minimum atomic E-state index is 0.306. The lowest BCUT2D eigenvalue weighted by Crippen LogP contribution is -2.13. The Hall–Kier alpha value is -0.630. The van der Waals surface area contributed by atoms with E-state index in [1.165, 1.54) is 5.56 Å². The maximum atomic E-state index is 11.6. The Morgan fingerprint density at radius 2 is 2.08 bits per heavy atom. The molecule has 0 radical (unpaired) electrons. The first-order valence-corrected chi connectivity index (χ1v) is 5.30. The number of hydrogen-bond donors (Lipinski definition) is 0. The second-order valence-electron chi connectivity index (χ2n) is 3.49. The largest absolute Gasteiger partial charge is 0.294 e. The first-order valence-electron chi connectivity index (χ1n) is 4.51. The van der Waals surface area contributed by atoms with Crippen molar-refractivity contribution < 1.29 is 4.79 Å². The number of carbonyl (C=O) groups excluding carboxylic acids is 1. The molecule has 0 atom stereocenters. The zero-order valence-corrected chi connectivity index (χ0v) is 9.15. The highest BCUT2D eigenvalue weighted by atomic mass is 79.9. The fraction of sp³-hybridized carbons (Fsp3) is 0.364. The van der Waals surface area contributed by atoms with Crippen LogP contribution in [0.2, 0.25) is 0 Å². The van der Waals surface area contributed by atoms with Crippen molar-refractivity contribution in [2.75, 3.05) is 0 Å². The van der Waals surface area contributed by atoms with Crippen LogP contribution in [0.4, 0.5) is 0 Å². The summed E-state index contributed by atoms with van der Waals surface area (Å²) >= 11 is 3.49. The first-order chi connectivity index (χ1) is 6.20. The van der Waals surface area contributed by atoms with E-state index in [9.17, 15) is 4.79 Å². The van der Waals surface area contributed by atoms with Crippen molar-refractivity contribution in [2.24, 2.45) is 0 Å². The lowest BCUT2D eigenvalue weighted by molar-refractivity contribution is 0.0971. The van der Waals surface area contributed by atoms with Crippen LogP contribution in [0, 0.1) is 6.92 Å². The summed E-state index contributed by atoms with van der Waals surface area (Å²) in [6, 6.07) is 4.04. The van der Waals surface area contributed by atoms with Gasteiger partial charge in [-0.05, 0) is 37.0 Å². The summed E-state index contributed by atoms with van der Waals surface area (Å²) < 4.78 is 1.08. The molecule has 1 aliphatic carbocycles. The van der Waals surface area contributed by atoms with Crippen molar-refractivity contribution in [1.29, 1.82) is 0 Å². The molecular formula is C11H11BrO. The highest BCUT2D eigenvalue weighted by Crippen LogP contribution is 2.30. The zero-order chi connectivity index (χ0) is 9.42. The smallest absolute Gasteiger partial charge is 0.163 e. The van der Waals surface area contributed by atoms with Crippen LogP contribution < -0.4 is 0 Å². The van der Waals surface area contributed by atoms with Gasteiger partial charge in [-0.15, -0.1) is 0 Å². The van der Waals surface area contributed by atoms with Crippen LogP contribution in [-0.2, 0) is 6.42 Å². The number of benzene rings is 1. The maximum absolute atomic E-state index is 11.6. The lowest BCUT2D eigenvalue weighted by atomic mass is 9.88. The van der Waals surface area contributed by atoms with Gasteiger partial charge in [-0.3, -0.25) is 4.79 Å². The standard InChI is InChI=1S/C11H11BrO/c1-7-5-6-9(12)8-3-2-4-10(13)11(7)8/h5-6H,2-4H2,1H3. The van der Waals surface area contributed by atoms with Crippen LogP contribution in [0.3, 0.4) is 0 Å². The number of ketones is 1. The molecule has 13 heavy (non-hydrogen) atoms. The zero-order valence-electron chi connectivity index (χ0n) is 7.56. The number of Topliss-reactive ketones (excluding diaryl/α,β-unsaturated/α-hetero) is 1. The van der Waals surface area contributed by atoms with Crippen molar-refractivity contribution in [1.82, 2.24) is 0 Å². The average Bonchev–Trinajstić information content (AvgIpc) is 2.12. The molecule has 1 aromatic rings. The fourth-order valence-corrected chi connectivity index (χ4v) is 2.45. The average molecular weight is 239 g/mol. The van der Waals surface area contributed by atoms with E-state index >= 15 is 0 Å². The molecule has 0 aromatic heterocycles. The molecular weight excluding hydrogens is 228 g/mol. The van der Waals surface area contributed by atoms with Gasteiger partial charge in [-0.25, -0.2) is 0 Å². The number of carbonyl (C=O) groups is 1. The molecule has 0 N–H and O–H groups in total. The Bertz CT molecular complexity index is 369. The predicted molar refractivity (Wildman–Crippen MR) is 56.1 cm³/mol. The van der Waals surface area contributed by atoms with Crippen molar-refractivity contribution in [3.63, 3.8) is 0 Å². The molecule has 0 bridgehead atoms. The number of halogens is 1. The van der Waals surface area contributed by atoms with Gasteiger partial charge in [0.1, 0.15) is 0 Å². The van der Waals surface area contributed by atoms with Crippen molar-refractivity contribution in [3.8, 4) is 0 Å². The van der Waals surface area contributed by atoms with Crippen LogP contribution in [-0.4, -0.2) is 5.78 Å². The van der Waals surface area contributed by atoms with Crippen LogP contribution in [0.1, 0.15) is 34.3 Å². The highest BCUT2D eigenvalue weighted by molar-refractivity contribution is 9.10. The Labute approximate surface area is 86.3 Å². The van der Waals surface area contributed by atoms with Crippen molar-refractivity contribution in [2.45, 2.75) is 26.2 Å². The second kappa shape index (κ2) is 3.26. The van der Waals surface area contributed by atoms with E-state index in [0.29, 0.717) is 12.2 Å². The number of aryl methyl sites for hydroxylation is 1. The molecule has 0 amide bonds. The van der Waals surface area contributed by atoms with Gasteiger partial charge in [0, 0.05) is 16.5 Å². The molecule has 0 spiro atoms. The molecule has 0 fully saturated rings. The van der Waals surface area contributed by atoms with E-state index in [0.717, 1.165) is 28.4 Å². The van der Waals surface area contributed by atoms with Gasteiger partial charge in [0.25, 0.3) is 0 Å². The molecule has 2 rings (SSSR count). The normalized spacial score (nSPS) is 15.7. The molecule has 0 heterocycles. The molecule has 0 unspecified atom stereocenters. The van der Waals surface area contributed by atoms with Gasteiger partial charge in [0.2, 0.25) is 0 Å². The summed E-state index contributed by atoms with van der Waals surface area (Å²) in [6.07, 6.45) is 2.74. The SMILES string of the molecule is Cc1ccc(Br)c2c1C(=O)CCC2. The van der Waals surface area contributed by atoms with Gasteiger partial charge < -0.3 is 0 Å². The third-order valence-electron chi connectivity index (χ3n) is 2.57. The number of rotatable bonds is 0. The fourth-order valence-electron chi connectivity index (χ4n) is 1.92. The molecule has 1 aromatic carbocycles.